The number of carboxylic acids is 1. The molecule has 3 rings (SSSR count). The first kappa shape index (κ1) is 22.0. The first-order valence-corrected chi connectivity index (χ1v) is 11.5. The molecule has 0 aliphatic rings. The molecule has 0 aliphatic heterocycles. The molecular weight excluding hydrogens is 540 g/mol. The average molecular weight is 554 g/mol. The zero-order chi connectivity index (χ0) is 21.9. The highest BCUT2D eigenvalue weighted by molar-refractivity contribution is 9.10. The fourth-order valence-corrected chi connectivity index (χ4v) is 4.21. The molecule has 154 valence electrons. The quantitative estimate of drug-likeness (QED) is 0.399. The van der Waals surface area contributed by atoms with Gasteiger partial charge in [0.25, 0.3) is 15.9 Å². The Bertz CT molecular complexity index is 1210. The Labute approximate surface area is 189 Å². The number of hydrogen-bond donors (Lipinski definition) is 3. The Morgan fingerprint density at radius 2 is 1.43 bits per heavy atom. The van der Waals surface area contributed by atoms with Crippen LogP contribution in [0.15, 0.2) is 80.6 Å². The van der Waals surface area contributed by atoms with Gasteiger partial charge in [-0.2, -0.15) is 0 Å². The minimum Gasteiger partial charge on any atom is -0.478 e. The van der Waals surface area contributed by atoms with Crippen LogP contribution in [-0.4, -0.2) is 25.4 Å². The molecule has 0 heterocycles. The topological polar surface area (TPSA) is 113 Å². The molecule has 0 aliphatic carbocycles. The van der Waals surface area contributed by atoms with Gasteiger partial charge in [0.15, 0.2) is 0 Å². The highest BCUT2D eigenvalue weighted by atomic mass is 79.9. The van der Waals surface area contributed by atoms with Crippen molar-refractivity contribution in [1.82, 2.24) is 0 Å². The van der Waals surface area contributed by atoms with E-state index in [9.17, 15) is 18.0 Å². The first-order valence-electron chi connectivity index (χ1n) is 8.38. The van der Waals surface area contributed by atoms with Crippen molar-refractivity contribution in [3.8, 4) is 0 Å². The van der Waals surface area contributed by atoms with E-state index < -0.39 is 21.9 Å². The van der Waals surface area contributed by atoms with Gasteiger partial charge in [0, 0.05) is 14.6 Å². The Kier molecular flexibility index (Phi) is 6.59. The largest absolute Gasteiger partial charge is 0.478 e. The van der Waals surface area contributed by atoms with E-state index in [4.69, 9.17) is 5.11 Å². The smallest absolute Gasteiger partial charge is 0.335 e. The first-order chi connectivity index (χ1) is 14.2. The lowest BCUT2D eigenvalue weighted by atomic mass is 10.1. The van der Waals surface area contributed by atoms with Gasteiger partial charge in [0.2, 0.25) is 0 Å². The van der Waals surface area contributed by atoms with Crippen molar-refractivity contribution in [2.45, 2.75) is 4.90 Å². The predicted molar refractivity (Wildman–Crippen MR) is 120 cm³/mol. The molecule has 7 nitrogen and oxygen atoms in total. The fourth-order valence-electron chi connectivity index (χ4n) is 2.51. The van der Waals surface area contributed by atoms with Crippen molar-refractivity contribution in [1.29, 1.82) is 0 Å². The summed E-state index contributed by atoms with van der Waals surface area (Å²) in [5, 5.41) is 11.7. The maximum absolute atomic E-state index is 12.8. The molecule has 0 radical (unpaired) electrons. The number of carbonyl (C=O) groups excluding carboxylic acids is 1. The molecule has 3 aromatic rings. The number of halogens is 2. The van der Waals surface area contributed by atoms with E-state index in [1.54, 1.807) is 30.3 Å². The van der Waals surface area contributed by atoms with Crippen LogP contribution >= 0.6 is 31.9 Å². The van der Waals surface area contributed by atoms with Crippen LogP contribution < -0.4 is 10.0 Å². The van der Waals surface area contributed by atoms with Gasteiger partial charge in [-0.3, -0.25) is 9.52 Å². The summed E-state index contributed by atoms with van der Waals surface area (Å²) in [4.78, 5) is 23.6. The number of anilines is 2. The van der Waals surface area contributed by atoms with Crippen LogP contribution in [0, 0.1) is 0 Å². The molecule has 0 atom stereocenters. The molecule has 0 spiro atoms. The van der Waals surface area contributed by atoms with Crippen LogP contribution in [0.4, 0.5) is 11.4 Å². The third kappa shape index (κ3) is 5.26. The fraction of sp³-hybridized carbons (Fsp3) is 0. The summed E-state index contributed by atoms with van der Waals surface area (Å²) in [7, 11) is -4.06. The third-order valence-electron chi connectivity index (χ3n) is 3.98. The minimum atomic E-state index is -4.06. The van der Waals surface area contributed by atoms with Crippen LogP contribution in [0.5, 0.6) is 0 Å². The second kappa shape index (κ2) is 8.99. The number of carboxylic acid groups (broad SMARTS) is 1. The van der Waals surface area contributed by atoms with E-state index in [1.807, 2.05) is 0 Å². The van der Waals surface area contributed by atoms with Crippen LogP contribution in [0.3, 0.4) is 0 Å². The lowest BCUT2D eigenvalue weighted by Gasteiger charge is -2.14. The average Bonchev–Trinajstić information content (AvgIpc) is 2.69. The van der Waals surface area contributed by atoms with Gasteiger partial charge in [-0.1, -0.05) is 31.9 Å². The van der Waals surface area contributed by atoms with Gasteiger partial charge in [0.1, 0.15) is 0 Å². The van der Waals surface area contributed by atoms with Crippen LogP contribution in [0.25, 0.3) is 0 Å². The normalized spacial score (nSPS) is 11.0. The van der Waals surface area contributed by atoms with Crippen molar-refractivity contribution in [3.05, 3.63) is 86.8 Å². The summed E-state index contributed by atoms with van der Waals surface area (Å²) in [6.07, 6.45) is 0. The molecule has 1 amide bonds. The lowest BCUT2D eigenvalue weighted by Crippen LogP contribution is -2.18. The Hall–Kier alpha value is -2.69. The number of carbonyl (C=O) groups is 2. The van der Waals surface area contributed by atoms with E-state index in [0.717, 1.165) is 4.47 Å². The van der Waals surface area contributed by atoms with Crippen molar-refractivity contribution < 1.29 is 23.1 Å². The van der Waals surface area contributed by atoms with Gasteiger partial charge in [0.05, 0.1) is 21.7 Å². The van der Waals surface area contributed by atoms with E-state index in [-0.39, 0.29) is 21.7 Å². The van der Waals surface area contributed by atoms with Gasteiger partial charge in [-0.25, -0.2) is 13.2 Å². The van der Waals surface area contributed by atoms with Crippen molar-refractivity contribution in [2.24, 2.45) is 0 Å². The molecule has 0 saturated carbocycles. The number of aromatic carboxylic acids is 1. The summed E-state index contributed by atoms with van der Waals surface area (Å²) in [6, 6.07) is 16.3. The maximum atomic E-state index is 12.8. The zero-order valence-corrected chi connectivity index (χ0v) is 19.1. The molecule has 3 aromatic carbocycles. The number of nitrogens with one attached hydrogen (secondary N) is 2. The van der Waals surface area contributed by atoms with Gasteiger partial charge >= 0.3 is 5.97 Å². The predicted octanol–water partition coefficient (Wildman–Crippen LogP) is 4.96. The van der Waals surface area contributed by atoms with E-state index in [2.05, 4.69) is 41.9 Å². The minimum absolute atomic E-state index is 0.0361. The van der Waals surface area contributed by atoms with E-state index in [1.165, 1.54) is 36.4 Å². The van der Waals surface area contributed by atoms with Gasteiger partial charge in [-0.05, 0) is 66.7 Å². The molecule has 0 aromatic heterocycles. The monoisotopic (exact) mass is 552 g/mol. The Morgan fingerprint density at radius 1 is 0.833 bits per heavy atom. The lowest BCUT2D eigenvalue weighted by molar-refractivity contribution is 0.0696. The summed E-state index contributed by atoms with van der Waals surface area (Å²) < 4.78 is 29.3. The SMILES string of the molecule is O=C(O)c1ccc(S(=O)(=O)Nc2cc(Br)ccc2C(=O)Nc2ccc(Br)cc2)cc1. The number of amides is 1. The molecule has 0 bridgehead atoms. The van der Waals surface area contributed by atoms with E-state index >= 15 is 0 Å². The van der Waals surface area contributed by atoms with Gasteiger partial charge in [-0.15, -0.1) is 0 Å². The van der Waals surface area contributed by atoms with E-state index in [0.29, 0.717) is 10.2 Å². The van der Waals surface area contributed by atoms with Crippen LogP contribution in [0.1, 0.15) is 20.7 Å². The summed E-state index contributed by atoms with van der Waals surface area (Å²) in [5.41, 5.74) is 0.698. The van der Waals surface area contributed by atoms with Crippen molar-refractivity contribution in [3.63, 3.8) is 0 Å². The van der Waals surface area contributed by atoms with Crippen LogP contribution in [0.2, 0.25) is 0 Å². The Morgan fingerprint density at radius 3 is 2.03 bits per heavy atom. The number of benzene rings is 3. The Balaban J connectivity index is 1.89. The molecule has 10 heteroatoms. The van der Waals surface area contributed by atoms with Crippen LogP contribution in [-0.2, 0) is 10.0 Å². The molecular formula is C20H14Br2N2O5S. The summed E-state index contributed by atoms with van der Waals surface area (Å²) in [5.74, 6) is -1.66. The van der Waals surface area contributed by atoms with Crippen molar-refractivity contribution in [2.75, 3.05) is 10.0 Å². The number of rotatable bonds is 6. The third-order valence-corrected chi connectivity index (χ3v) is 6.39. The second-order valence-corrected chi connectivity index (χ2v) is 9.60. The van der Waals surface area contributed by atoms with Crippen molar-refractivity contribution >= 4 is 65.1 Å². The van der Waals surface area contributed by atoms with Gasteiger partial charge < -0.3 is 10.4 Å². The molecule has 30 heavy (non-hydrogen) atoms. The summed E-state index contributed by atoms with van der Waals surface area (Å²) in [6.45, 7) is 0. The molecule has 0 unspecified atom stereocenters. The highest BCUT2D eigenvalue weighted by Crippen LogP contribution is 2.26. The number of sulfonamides is 1. The second-order valence-electron chi connectivity index (χ2n) is 6.09. The standard InChI is InChI=1S/C20H14Br2N2O5S/c21-13-3-6-15(7-4-13)23-19(25)17-10-5-14(22)11-18(17)24-30(28,29)16-8-1-12(2-9-16)20(26)27/h1-11,24H,(H,23,25)(H,26,27). The molecule has 0 saturated heterocycles. The maximum Gasteiger partial charge on any atom is 0.335 e. The highest BCUT2D eigenvalue weighted by Gasteiger charge is 2.20. The number of hydrogen-bond acceptors (Lipinski definition) is 4. The molecule has 0 fully saturated rings. The molecule has 3 N–H and O–H groups in total. The zero-order valence-electron chi connectivity index (χ0n) is 15.1. The summed E-state index contributed by atoms with van der Waals surface area (Å²) >= 11 is 6.59.